The number of aromatic amines is 1. The number of rotatable bonds is 2. The van der Waals surface area contributed by atoms with E-state index in [1.807, 2.05) is 0 Å². The molecule has 5 rings (SSSR count). The molecule has 1 unspecified atom stereocenters. The summed E-state index contributed by atoms with van der Waals surface area (Å²) < 4.78 is 0. The first-order valence-electron chi connectivity index (χ1n) is 8.72. The van der Waals surface area contributed by atoms with E-state index in [9.17, 15) is 0 Å². The highest BCUT2D eigenvalue weighted by atomic mass is 14.9. The third-order valence-corrected chi connectivity index (χ3v) is 5.17. The fourth-order valence-corrected chi connectivity index (χ4v) is 3.84. The Balaban J connectivity index is 1.58. The summed E-state index contributed by atoms with van der Waals surface area (Å²) >= 11 is 0. The second-order valence-electron chi connectivity index (χ2n) is 6.74. The van der Waals surface area contributed by atoms with Crippen LogP contribution in [-0.4, -0.2) is 11.5 Å². The van der Waals surface area contributed by atoms with Crippen molar-refractivity contribution in [3.63, 3.8) is 0 Å². The van der Waals surface area contributed by atoms with Gasteiger partial charge in [-0.3, -0.25) is 0 Å². The summed E-state index contributed by atoms with van der Waals surface area (Å²) in [7, 11) is 0. The highest BCUT2D eigenvalue weighted by molar-refractivity contribution is 5.90. The molecule has 1 fully saturated rings. The maximum atomic E-state index is 3.61. The molecule has 2 N–H and O–H groups in total. The second-order valence-corrected chi connectivity index (χ2v) is 6.74. The third-order valence-electron chi connectivity index (χ3n) is 5.17. The summed E-state index contributed by atoms with van der Waals surface area (Å²) in [6.45, 7) is 1.13. The lowest BCUT2D eigenvalue weighted by atomic mass is 10.0. The normalized spacial score (nSPS) is 17.8. The average molecular weight is 312 g/mol. The lowest BCUT2D eigenvalue weighted by Gasteiger charge is -2.10. The van der Waals surface area contributed by atoms with Gasteiger partial charge in [-0.15, -0.1) is 0 Å². The van der Waals surface area contributed by atoms with Crippen LogP contribution in [-0.2, 0) is 0 Å². The summed E-state index contributed by atoms with van der Waals surface area (Å²) in [6, 6.07) is 24.8. The monoisotopic (exact) mass is 312 g/mol. The topological polar surface area (TPSA) is 27.8 Å². The molecule has 0 aliphatic carbocycles. The molecule has 24 heavy (non-hydrogen) atoms. The van der Waals surface area contributed by atoms with Crippen molar-refractivity contribution in [1.82, 2.24) is 10.3 Å². The predicted octanol–water partition coefficient (Wildman–Crippen LogP) is 5.41. The largest absolute Gasteiger partial charge is 0.355 e. The Kier molecular flexibility index (Phi) is 3.17. The summed E-state index contributed by atoms with van der Waals surface area (Å²) in [6.07, 6.45) is 2.51. The van der Waals surface area contributed by atoms with Gasteiger partial charge >= 0.3 is 0 Å². The van der Waals surface area contributed by atoms with Gasteiger partial charge in [0.15, 0.2) is 0 Å². The second kappa shape index (κ2) is 5.50. The molecule has 2 nitrogen and oxygen atoms in total. The maximum Gasteiger partial charge on any atom is 0.0464 e. The van der Waals surface area contributed by atoms with E-state index in [2.05, 4.69) is 77.0 Å². The highest BCUT2D eigenvalue weighted by Gasteiger charge is 2.16. The fraction of sp³-hybridized carbons (Fsp3) is 0.182. The molecule has 0 bridgehead atoms. The van der Waals surface area contributed by atoms with E-state index >= 15 is 0 Å². The van der Waals surface area contributed by atoms with E-state index in [4.69, 9.17) is 0 Å². The summed E-state index contributed by atoms with van der Waals surface area (Å²) in [5.41, 5.74) is 5.05. The van der Waals surface area contributed by atoms with Gasteiger partial charge in [-0.05, 0) is 59.5 Å². The first-order chi connectivity index (χ1) is 11.9. The van der Waals surface area contributed by atoms with Crippen molar-refractivity contribution in [2.24, 2.45) is 0 Å². The van der Waals surface area contributed by atoms with Crippen molar-refractivity contribution in [3.8, 4) is 11.3 Å². The molecule has 3 aromatic carbocycles. The molecule has 1 aliphatic rings. The van der Waals surface area contributed by atoms with Crippen LogP contribution in [0.4, 0.5) is 0 Å². The Morgan fingerprint density at radius 3 is 2.54 bits per heavy atom. The summed E-state index contributed by atoms with van der Waals surface area (Å²) in [5, 5.41) is 7.43. The van der Waals surface area contributed by atoms with Crippen LogP contribution in [0.3, 0.4) is 0 Å². The van der Waals surface area contributed by atoms with Crippen LogP contribution in [0.25, 0.3) is 32.9 Å². The Labute approximate surface area is 141 Å². The smallest absolute Gasteiger partial charge is 0.0464 e. The van der Waals surface area contributed by atoms with Crippen LogP contribution < -0.4 is 5.32 Å². The molecule has 1 aromatic heterocycles. The maximum absolute atomic E-state index is 3.61. The molecule has 1 atom stereocenters. The van der Waals surface area contributed by atoms with Crippen LogP contribution in [0.2, 0.25) is 0 Å². The van der Waals surface area contributed by atoms with Crippen molar-refractivity contribution < 1.29 is 0 Å². The van der Waals surface area contributed by atoms with Gasteiger partial charge in [-0.1, -0.05) is 48.5 Å². The first-order valence-corrected chi connectivity index (χ1v) is 8.72. The Morgan fingerprint density at radius 2 is 1.67 bits per heavy atom. The molecule has 0 saturated carbocycles. The van der Waals surface area contributed by atoms with E-state index in [-0.39, 0.29) is 0 Å². The quantitative estimate of drug-likeness (QED) is 0.509. The molecule has 1 saturated heterocycles. The van der Waals surface area contributed by atoms with Gasteiger partial charge in [0.2, 0.25) is 0 Å². The Hall–Kier alpha value is -2.58. The Morgan fingerprint density at radius 1 is 0.792 bits per heavy atom. The standard InChI is InChI=1S/C22H20N2/c1-2-5-16-12-17(8-7-15(16)4-1)21-14-19-10-9-18(13-22(19)24-21)20-6-3-11-23-20/h1-2,4-5,7-10,12-14,20,23-24H,3,6,11H2. The average Bonchev–Trinajstić information content (AvgIpc) is 3.30. The third kappa shape index (κ3) is 2.31. The molecular weight excluding hydrogens is 292 g/mol. The minimum atomic E-state index is 0.516. The van der Waals surface area contributed by atoms with Crippen molar-refractivity contribution in [2.45, 2.75) is 18.9 Å². The van der Waals surface area contributed by atoms with E-state index in [0.717, 1.165) is 6.54 Å². The lowest BCUT2D eigenvalue weighted by Crippen LogP contribution is -2.12. The number of benzene rings is 3. The van der Waals surface area contributed by atoms with E-state index < -0.39 is 0 Å². The first kappa shape index (κ1) is 13.8. The fourth-order valence-electron chi connectivity index (χ4n) is 3.84. The number of nitrogens with one attached hydrogen (secondary N) is 2. The zero-order chi connectivity index (χ0) is 15.9. The lowest BCUT2D eigenvalue weighted by molar-refractivity contribution is 0.648. The van der Waals surface area contributed by atoms with Gasteiger partial charge in [0.1, 0.15) is 0 Å². The number of fused-ring (bicyclic) bond motifs is 2. The molecular formula is C22H20N2. The minimum absolute atomic E-state index is 0.516. The zero-order valence-electron chi connectivity index (χ0n) is 13.5. The van der Waals surface area contributed by atoms with Gasteiger partial charge in [0.25, 0.3) is 0 Å². The van der Waals surface area contributed by atoms with Crippen molar-refractivity contribution in [3.05, 3.63) is 72.3 Å². The van der Waals surface area contributed by atoms with E-state index in [1.54, 1.807) is 0 Å². The van der Waals surface area contributed by atoms with Crippen LogP contribution in [0.1, 0.15) is 24.4 Å². The van der Waals surface area contributed by atoms with Gasteiger partial charge in [-0.25, -0.2) is 0 Å². The number of hydrogen-bond donors (Lipinski definition) is 2. The molecule has 0 radical (unpaired) electrons. The van der Waals surface area contributed by atoms with Crippen LogP contribution in [0, 0.1) is 0 Å². The Bertz CT molecular complexity index is 1020. The summed E-state index contributed by atoms with van der Waals surface area (Å²) in [5.74, 6) is 0. The van der Waals surface area contributed by atoms with Gasteiger partial charge in [-0.2, -0.15) is 0 Å². The summed E-state index contributed by atoms with van der Waals surface area (Å²) in [4.78, 5) is 3.61. The van der Waals surface area contributed by atoms with Crippen molar-refractivity contribution in [2.75, 3.05) is 6.54 Å². The van der Waals surface area contributed by atoms with Crippen LogP contribution in [0.15, 0.2) is 66.7 Å². The predicted molar refractivity (Wildman–Crippen MR) is 101 cm³/mol. The van der Waals surface area contributed by atoms with Gasteiger partial charge < -0.3 is 10.3 Å². The SMILES string of the molecule is c1ccc2cc(-c3cc4ccc(C5CCCN5)cc4[nH]3)ccc2c1. The molecule has 2 heterocycles. The molecule has 0 spiro atoms. The number of aromatic nitrogens is 1. The highest BCUT2D eigenvalue weighted by Crippen LogP contribution is 2.30. The number of H-pyrrole nitrogens is 1. The van der Waals surface area contributed by atoms with Crippen molar-refractivity contribution >= 4 is 21.7 Å². The molecule has 1 aliphatic heterocycles. The zero-order valence-corrected chi connectivity index (χ0v) is 13.5. The molecule has 4 aromatic rings. The van der Waals surface area contributed by atoms with Gasteiger partial charge in [0, 0.05) is 22.6 Å². The van der Waals surface area contributed by atoms with E-state index in [0.29, 0.717) is 6.04 Å². The number of hydrogen-bond acceptors (Lipinski definition) is 1. The minimum Gasteiger partial charge on any atom is -0.355 e. The van der Waals surface area contributed by atoms with E-state index in [1.165, 1.54) is 51.3 Å². The van der Waals surface area contributed by atoms with Crippen LogP contribution in [0.5, 0.6) is 0 Å². The molecule has 0 amide bonds. The van der Waals surface area contributed by atoms with Crippen LogP contribution >= 0.6 is 0 Å². The van der Waals surface area contributed by atoms with Crippen molar-refractivity contribution in [1.29, 1.82) is 0 Å². The molecule has 2 heteroatoms. The van der Waals surface area contributed by atoms with Gasteiger partial charge in [0.05, 0.1) is 0 Å². The molecule has 118 valence electrons.